The first kappa shape index (κ1) is 22.8. The third-order valence-electron chi connectivity index (χ3n) is 5.38. The van der Waals surface area contributed by atoms with Crippen LogP contribution in [0.4, 0.5) is 17.6 Å². The molecular formula is C23H24F4N2O2. The normalized spacial score (nSPS) is 14.2. The first-order valence-corrected chi connectivity index (χ1v) is 10.3. The first-order valence-electron chi connectivity index (χ1n) is 10.3. The zero-order valence-corrected chi connectivity index (χ0v) is 16.9. The van der Waals surface area contributed by atoms with Crippen LogP contribution in [0.1, 0.15) is 36.8 Å². The molecule has 2 N–H and O–H groups in total. The minimum absolute atomic E-state index is 0.0672. The third-order valence-corrected chi connectivity index (χ3v) is 5.38. The van der Waals surface area contributed by atoms with Gasteiger partial charge in [-0.3, -0.25) is 9.59 Å². The molecule has 2 aromatic rings. The molecule has 4 nitrogen and oxygen atoms in total. The molecule has 1 atom stereocenters. The predicted molar refractivity (Wildman–Crippen MR) is 107 cm³/mol. The van der Waals surface area contributed by atoms with E-state index in [-0.39, 0.29) is 67.1 Å². The van der Waals surface area contributed by atoms with Gasteiger partial charge in [0.05, 0.1) is 0 Å². The quantitative estimate of drug-likeness (QED) is 0.557. The molecule has 166 valence electrons. The molecule has 31 heavy (non-hydrogen) atoms. The standard InChI is InChI=1S/C23H24F4N2O2/c24-17-3-1-4-18(25)15(17)9-11-22(30)28-13-21(14-7-8-14)29-23(31)12-10-16-19(26)5-2-6-20(16)27/h1-6,14,21H,7-13H2,(H,28,30)(H,29,31). The van der Waals surface area contributed by atoms with Gasteiger partial charge in [0, 0.05) is 36.6 Å². The van der Waals surface area contributed by atoms with Gasteiger partial charge in [-0.1, -0.05) is 12.1 Å². The first-order chi connectivity index (χ1) is 14.8. The summed E-state index contributed by atoms with van der Waals surface area (Å²) in [5.41, 5.74) is -0.264. The van der Waals surface area contributed by atoms with Gasteiger partial charge >= 0.3 is 0 Å². The summed E-state index contributed by atoms with van der Waals surface area (Å²) in [5, 5.41) is 5.51. The summed E-state index contributed by atoms with van der Waals surface area (Å²) in [5.74, 6) is -3.28. The molecule has 0 bridgehead atoms. The van der Waals surface area contributed by atoms with E-state index in [0.717, 1.165) is 37.1 Å². The van der Waals surface area contributed by atoms with Crippen molar-refractivity contribution >= 4 is 11.8 Å². The maximum Gasteiger partial charge on any atom is 0.220 e. The topological polar surface area (TPSA) is 58.2 Å². The number of carbonyl (C=O) groups is 2. The van der Waals surface area contributed by atoms with Gasteiger partial charge in [-0.25, -0.2) is 17.6 Å². The second-order valence-electron chi connectivity index (χ2n) is 7.72. The number of rotatable bonds is 10. The molecule has 2 aromatic carbocycles. The molecule has 1 aliphatic carbocycles. The largest absolute Gasteiger partial charge is 0.354 e. The molecule has 1 aliphatic rings. The van der Waals surface area contributed by atoms with Gasteiger partial charge in [0.15, 0.2) is 0 Å². The summed E-state index contributed by atoms with van der Waals surface area (Å²) in [4.78, 5) is 24.4. The van der Waals surface area contributed by atoms with E-state index in [1.54, 1.807) is 0 Å². The van der Waals surface area contributed by atoms with E-state index < -0.39 is 23.3 Å². The van der Waals surface area contributed by atoms with Gasteiger partial charge in [-0.05, 0) is 55.9 Å². The van der Waals surface area contributed by atoms with Crippen molar-refractivity contribution in [3.63, 3.8) is 0 Å². The lowest BCUT2D eigenvalue weighted by Gasteiger charge is -2.19. The van der Waals surface area contributed by atoms with Crippen LogP contribution in [0, 0.1) is 29.2 Å². The average Bonchev–Trinajstić information content (AvgIpc) is 3.55. The Kier molecular flexibility index (Phi) is 7.65. The number of nitrogens with one attached hydrogen (secondary N) is 2. The average molecular weight is 436 g/mol. The molecule has 1 fully saturated rings. The summed E-state index contributed by atoms with van der Waals surface area (Å²) in [6.07, 6.45) is 1.50. The highest BCUT2D eigenvalue weighted by Crippen LogP contribution is 2.32. The Morgan fingerprint density at radius 3 is 1.71 bits per heavy atom. The number of halogens is 4. The zero-order chi connectivity index (χ0) is 22.4. The van der Waals surface area contributed by atoms with Crippen LogP contribution in [0.3, 0.4) is 0 Å². The lowest BCUT2D eigenvalue weighted by atomic mass is 10.1. The number of amides is 2. The van der Waals surface area contributed by atoms with Gasteiger partial charge in [-0.2, -0.15) is 0 Å². The zero-order valence-electron chi connectivity index (χ0n) is 16.9. The van der Waals surface area contributed by atoms with Gasteiger partial charge in [0.2, 0.25) is 11.8 Å². The van der Waals surface area contributed by atoms with Gasteiger partial charge in [-0.15, -0.1) is 0 Å². The fraction of sp³-hybridized carbons (Fsp3) is 0.391. The Hall–Kier alpha value is -2.90. The maximum atomic E-state index is 13.7. The molecule has 1 saturated carbocycles. The van der Waals surface area contributed by atoms with Crippen LogP contribution < -0.4 is 10.6 Å². The Morgan fingerprint density at radius 2 is 1.26 bits per heavy atom. The van der Waals surface area contributed by atoms with Crippen LogP contribution in [-0.2, 0) is 22.4 Å². The van der Waals surface area contributed by atoms with Crippen LogP contribution in [0.5, 0.6) is 0 Å². The molecular weight excluding hydrogens is 412 g/mol. The Morgan fingerprint density at radius 1 is 0.806 bits per heavy atom. The fourth-order valence-corrected chi connectivity index (χ4v) is 3.44. The SMILES string of the molecule is O=C(CCc1c(F)cccc1F)NCC(NC(=O)CCc1c(F)cccc1F)C1CC1. The number of hydrogen-bond donors (Lipinski definition) is 2. The van der Waals surface area contributed by atoms with E-state index in [1.165, 1.54) is 12.1 Å². The Bertz CT molecular complexity index is 907. The van der Waals surface area contributed by atoms with Gasteiger partial charge in [0.1, 0.15) is 23.3 Å². The summed E-state index contributed by atoms with van der Waals surface area (Å²) in [6.45, 7) is 0.184. The van der Waals surface area contributed by atoms with E-state index in [4.69, 9.17) is 0 Å². The van der Waals surface area contributed by atoms with Crippen LogP contribution in [0.25, 0.3) is 0 Å². The number of benzene rings is 2. The fourth-order valence-electron chi connectivity index (χ4n) is 3.44. The van der Waals surface area contributed by atoms with Crippen molar-refractivity contribution < 1.29 is 27.2 Å². The van der Waals surface area contributed by atoms with Crippen molar-refractivity contribution in [3.05, 3.63) is 70.8 Å². The highest BCUT2D eigenvalue weighted by molar-refractivity contribution is 5.78. The van der Waals surface area contributed by atoms with E-state index >= 15 is 0 Å². The molecule has 1 unspecified atom stereocenters. The molecule has 0 spiro atoms. The van der Waals surface area contributed by atoms with Crippen LogP contribution in [-0.4, -0.2) is 24.4 Å². The van der Waals surface area contributed by atoms with Crippen molar-refractivity contribution in [1.29, 1.82) is 0 Å². The molecule has 0 aliphatic heterocycles. The summed E-state index contributed by atoms with van der Waals surface area (Å²) >= 11 is 0. The molecule has 0 aromatic heterocycles. The number of carbonyl (C=O) groups excluding carboxylic acids is 2. The highest BCUT2D eigenvalue weighted by Gasteiger charge is 2.32. The molecule has 0 heterocycles. The molecule has 0 saturated heterocycles. The van der Waals surface area contributed by atoms with Gasteiger partial charge < -0.3 is 10.6 Å². The van der Waals surface area contributed by atoms with Crippen molar-refractivity contribution in [3.8, 4) is 0 Å². The van der Waals surface area contributed by atoms with Gasteiger partial charge in [0.25, 0.3) is 0 Å². The monoisotopic (exact) mass is 436 g/mol. The molecule has 3 rings (SSSR count). The third kappa shape index (κ3) is 6.54. The van der Waals surface area contributed by atoms with Crippen molar-refractivity contribution in [2.75, 3.05) is 6.54 Å². The van der Waals surface area contributed by atoms with E-state index in [1.807, 2.05) is 0 Å². The van der Waals surface area contributed by atoms with E-state index in [9.17, 15) is 27.2 Å². The van der Waals surface area contributed by atoms with Crippen LogP contribution in [0.2, 0.25) is 0 Å². The lowest BCUT2D eigenvalue weighted by Crippen LogP contribution is -2.45. The second kappa shape index (κ2) is 10.4. The minimum atomic E-state index is -0.692. The number of hydrogen-bond acceptors (Lipinski definition) is 2. The van der Waals surface area contributed by atoms with Crippen molar-refractivity contribution in [2.24, 2.45) is 5.92 Å². The minimum Gasteiger partial charge on any atom is -0.354 e. The van der Waals surface area contributed by atoms with Crippen LogP contribution >= 0.6 is 0 Å². The molecule has 2 amide bonds. The predicted octanol–water partition coefficient (Wildman–Crippen LogP) is 3.82. The summed E-state index contributed by atoms with van der Waals surface area (Å²) in [7, 11) is 0. The van der Waals surface area contributed by atoms with Crippen molar-refractivity contribution in [1.82, 2.24) is 10.6 Å². The summed E-state index contributed by atoms with van der Waals surface area (Å²) in [6, 6.07) is 6.80. The smallest absolute Gasteiger partial charge is 0.220 e. The molecule has 8 heteroatoms. The maximum absolute atomic E-state index is 13.7. The Balaban J connectivity index is 1.45. The van der Waals surface area contributed by atoms with Crippen LogP contribution in [0.15, 0.2) is 36.4 Å². The Labute approximate surface area is 178 Å². The lowest BCUT2D eigenvalue weighted by molar-refractivity contribution is -0.123. The van der Waals surface area contributed by atoms with E-state index in [2.05, 4.69) is 10.6 Å². The molecule has 0 radical (unpaired) electrons. The van der Waals surface area contributed by atoms with E-state index in [0.29, 0.717) is 0 Å². The highest BCUT2D eigenvalue weighted by atomic mass is 19.1. The van der Waals surface area contributed by atoms with Crippen molar-refractivity contribution in [2.45, 2.75) is 44.6 Å². The summed E-state index contributed by atoms with van der Waals surface area (Å²) < 4.78 is 54.7. The second-order valence-corrected chi connectivity index (χ2v) is 7.72.